The zero-order valence-electron chi connectivity index (χ0n) is 11.7. The quantitative estimate of drug-likeness (QED) is 0.489. The fourth-order valence-corrected chi connectivity index (χ4v) is 2.92. The fourth-order valence-electron chi connectivity index (χ4n) is 2.00. The lowest BCUT2D eigenvalue weighted by atomic mass is 10.00. The maximum absolute atomic E-state index is 12.0. The third kappa shape index (κ3) is 3.63. The summed E-state index contributed by atoms with van der Waals surface area (Å²) in [6, 6.07) is 5.95. The molecule has 0 bridgehead atoms. The molecular weight excluding hydrogens is 316 g/mol. The summed E-state index contributed by atoms with van der Waals surface area (Å²) in [5.41, 5.74) is 0.880. The zero-order valence-corrected chi connectivity index (χ0v) is 12.5. The minimum atomic E-state index is -4.07. The highest BCUT2D eigenvalue weighted by Crippen LogP contribution is 2.21. The van der Waals surface area contributed by atoms with Crippen molar-refractivity contribution < 1.29 is 37.8 Å². The molecule has 0 unspecified atom stereocenters. The van der Waals surface area contributed by atoms with Crippen LogP contribution in [0.15, 0.2) is 29.2 Å². The van der Waals surface area contributed by atoms with E-state index in [-0.39, 0.29) is 4.90 Å². The number of aryl methyl sites for hydroxylation is 1. The molecule has 1 aromatic rings. The molecule has 5 atom stereocenters. The van der Waals surface area contributed by atoms with Crippen LogP contribution < -0.4 is 0 Å². The lowest BCUT2D eigenvalue weighted by Crippen LogP contribution is -2.58. The predicted molar refractivity (Wildman–Crippen MR) is 73.2 cm³/mol. The first-order valence-electron chi connectivity index (χ1n) is 6.56. The summed E-state index contributed by atoms with van der Waals surface area (Å²) in [5.74, 6) is 0. The van der Waals surface area contributed by atoms with E-state index >= 15 is 0 Å². The topological polar surface area (TPSA) is 134 Å². The van der Waals surface area contributed by atoms with Crippen LogP contribution in [-0.4, -0.2) is 66.2 Å². The van der Waals surface area contributed by atoms with Gasteiger partial charge in [-0.15, -0.1) is 0 Å². The number of aliphatic hydroxyl groups excluding tert-OH is 4. The molecule has 1 saturated heterocycles. The average molecular weight is 334 g/mol. The molecule has 0 aliphatic carbocycles. The van der Waals surface area contributed by atoms with Gasteiger partial charge in [0.1, 0.15) is 24.4 Å². The maximum Gasteiger partial charge on any atom is 0.297 e. The summed E-state index contributed by atoms with van der Waals surface area (Å²) >= 11 is 0. The van der Waals surface area contributed by atoms with Gasteiger partial charge < -0.3 is 25.2 Å². The molecule has 2 rings (SSSR count). The van der Waals surface area contributed by atoms with Gasteiger partial charge in [0, 0.05) is 0 Å². The van der Waals surface area contributed by atoms with Crippen LogP contribution in [0.2, 0.25) is 0 Å². The first-order chi connectivity index (χ1) is 10.2. The van der Waals surface area contributed by atoms with Crippen molar-refractivity contribution in [2.24, 2.45) is 0 Å². The van der Waals surface area contributed by atoms with Crippen LogP contribution >= 0.6 is 0 Å². The molecule has 4 N–H and O–H groups in total. The van der Waals surface area contributed by atoms with Crippen LogP contribution in [-0.2, 0) is 19.0 Å². The molecule has 0 spiro atoms. The third-order valence-corrected chi connectivity index (χ3v) is 4.68. The second kappa shape index (κ2) is 6.59. The second-order valence-electron chi connectivity index (χ2n) is 5.09. The highest BCUT2D eigenvalue weighted by molar-refractivity contribution is 7.86. The van der Waals surface area contributed by atoms with Crippen molar-refractivity contribution in [3.8, 4) is 0 Å². The molecule has 8 nitrogen and oxygen atoms in total. The molecule has 0 saturated carbocycles. The Balaban J connectivity index is 2.04. The van der Waals surface area contributed by atoms with Crippen LogP contribution in [0.1, 0.15) is 5.56 Å². The molecule has 1 aromatic carbocycles. The van der Waals surface area contributed by atoms with E-state index in [1.54, 1.807) is 19.1 Å². The summed E-state index contributed by atoms with van der Waals surface area (Å²) < 4.78 is 33.6. The summed E-state index contributed by atoms with van der Waals surface area (Å²) in [6.07, 6.45) is -7.98. The van der Waals surface area contributed by atoms with E-state index in [4.69, 9.17) is 8.92 Å². The van der Waals surface area contributed by atoms with Gasteiger partial charge in [-0.05, 0) is 19.1 Å². The van der Waals surface area contributed by atoms with Crippen LogP contribution in [0.4, 0.5) is 0 Å². The molecule has 0 aromatic heterocycles. The van der Waals surface area contributed by atoms with Crippen molar-refractivity contribution >= 4 is 10.1 Å². The molecule has 0 amide bonds. The van der Waals surface area contributed by atoms with E-state index in [1.165, 1.54) is 12.1 Å². The normalized spacial score (nSPS) is 32.9. The zero-order chi connectivity index (χ0) is 16.5. The summed E-state index contributed by atoms with van der Waals surface area (Å²) in [7, 11) is -4.07. The molecular formula is C13H18O8S. The van der Waals surface area contributed by atoms with Gasteiger partial charge in [0.05, 0.1) is 11.5 Å². The van der Waals surface area contributed by atoms with Crippen molar-refractivity contribution in [2.45, 2.75) is 42.5 Å². The number of hydrogen-bond acceptors (Lipinski definition) is 8. The van der Waals surface area contributed by atoms with Gasteiger partial charge in [0.25, 0.3) is 10.1 Å². The Labute approximate surface area is 127 Å². The van der Waals surface area contributed by atoms with Gasteiger partial charge in [-0.3, -0.25) is 4.18 Å². The van der Waals surface area contributed by atoms with Crippen molar-refractivity contribution in [1.29, 1.82) is 0 Å². The second-order valence-corrected chi connectivity index (χ2v) is 6.70. The van der Waals surface area contributed by atoms with E-state index in [9.17, 15) is 28.8 Å². The van der Waals surface area contributed by atoms with Crippen molar-refractivity contribution in [1.82, 2.24) is 0 Å². The smallest absolute Gasteiger partial charge is 0.297 e. The fraction of sp³-hybridized carbons (Fsp3) is 0.538. The number of hydrogen-bond donors (Lipinski definition) is 4. The van der Waals surface area contributed by atoms with E-state index in [1.807, 2.05) is 0 Å². The van der Waals surface area contributed by atoms with Gasteiger partial charge in [-0.2, -0.15) is 8.42 Å². The van der Waals surface area contributed by atoms with Gasteiger partial charge in [0.2, 0.25) is 0 Å². The van der Waals surface area contributed by atoms with Gasteiger partial charge in [-0.1, -0.05) is 17.7 Å². The number of rotatable bonds is 4. The number of aliphatic hydroxyl groups is 4. The van der Waals surface area contributed by atoms with E-state index in [0.29, 0.717) is 0 Å². The van der Waals surface area contributed by atoms with Crippen LogP contribution in [0.25, 0.3) is 0 Å². The lowest BCUT2D eigenvalue weighted by Gasteiger charge is -2.37. The maximum atomic E-state index is 12.0. The molecule has 22 heavy (non-hydrogen) atoms. The van der Waals surface area contributed by atoms with Crippen LogP contribution in [0.3, 0.4) is 0 Å². The molecule has 0 radical (unpaired) electrons. The minimum absolute atomic E-state index is 0.0652. The Morgan fingerprint density at radius 3 is 2.23 bits per heavy atom. The third-order valence-electron chi connectivity index (χ3n) is 3.38. The standard InChI is InChI=1S/C13H18O8S/c1-7-2-4-8(5-3-7)22(18,19)20-6-9-10(14)11(15)12(16)13(17)21-9/h2-5,9-17H,6H2,1H3/t9-,10-,11-,12-,13+/m0/s1. The highest BCUT2D eigenvalue weighted by atomic mass is 32.2. The predicted octanol–water partition coefficient (Wildman–Crippen LogP) is -1.50. The average Bonchev–Trinajstić information content (AvgIpc) is 2.48. The SMILES string of the molecule is Cc1ccc(S(=O)(=O)OC[C@@H]2O[C@@H](O)[C@@H](O)[C@@H](O)[C@H]2O)cc1. The molecule has 1 heterocycles. The molecule has 1 fully saturated rings. The summed E-state index contributed by atoms with van der Waals surface area (Å²) in [4.78, 5) is -0.0652. The van der Waals surface area contributed by atoms with Crippen LogP contribution in [0, 0.1) is 6.92 Å². The first-order valence-corrected chi connectivity index (χ1v) is 7.97. The Morgan fingerprint density at radius 1 is 1.05 bits per heavy atom. The van der Waals surface area contributed by atoms with Crippen molar-refractivity contribution in [3.05, 3.63) is 29.8 Å². The van der Waals surface area contributed by atoms with E-state index in [2.05, 4.69) is 0 Å². The highest BCUT2D eigenvalue weighted by Gasteiger charge is 2.43. The molecule has 1 aliphatic rings. The Kier molecular flexibility index (Phi) is 5.17. The Bertz CT molecular complexity index is 599. The van der Waals surface area contributed by atoms with E-state index in [0.717, 1.165) is 5.56 Å². The molecule has 9 heteroatoms. The Hall–Kier alpha value is -1.07. The number of ether oxygens (including phenoxy) is 1. The lowest BCUT2D eigenvalue weighted by molar-refractivity contribution is -0.285. The minimum Gasteiger partial charge on any atom is -0.387 e. The van der Waals surface area contributed by atoms with Gasteiger partial charge >= 0.3 is 0 Å². The molecule has 1 aliphatic heterocycles. The first kappa shape index (κ1) is 17.3. The summed E-state index contributed by atoms with van der Waals surface area (Å²) in [5, 5.41) is 37.9. The van der Waals surface area contributed by atoms with Crippen molar-refractivity contribution in [2.75, 3.05) is 6.61 Å². The summed E-state index contributed by atoms with van der Waals surface area (Å²) in [6.45, 7) is 1.19. The Morgan fingerprint density at radius 2 is 1.64 bits per heavy atom. The monoisotopic (exact) mass is 334 g/mol. The van der Waals surface area contributed by atoms with Crippen LogP contribution in [0.5, 0.6) is 0 Å². The largest absolute Gasteiger partial charge is 0.387 e. The molecule has 124 valence electrons. The van der Waals surface area contributed by atoms with Gasteiger partial charge in [0.15, 0.2) is 6.29 Å². The van der Waals surface area contributed by atoms with E-state index < -0.39 is 47.4 Å². The van der Waals surface area contributed by atoms with Crippen molar-refractivity contribution in [3.63, 3.8) is 0 Å². The number of benzene rings is 1. The van der Waals surface area contributed by atoms with Gasteiger partial charge in [-0.25, -0.2) is 0 Å².